The topological polar surface area (TPSA) is 12.0 Å². The predicted molar refractivity (Wildman–Crippen MR) is 62.5 cm³/mol. The van der Waals surface area contributed by atoms with Crippen LogP contribution in [0.1, 0.15) is 44.9 Å². The monoisotopic (exact) mass is 247 g/mol. The van der Waals surface area contributed by atoms with Crippen LogP contribution in [0.4, 0.5) is 13.2 Å². The summed E-state index contributed by atoms with van der Waals surface area (Å²) in [5.74, 6) is 1.44. The third-order valence-electron chi connectivity index (χ3n) is 3.32. The van der Waals surface area contributed by atoms with Crippen molar-refractivity contribution in [2.24, 2.45) is 5.92 Å². The molecule has 0 aromatic rings. The normalized spacial score (nSPS) is 25.5. The van der Waals surface area contributed by atoms with E-state index in [-0.39, 0.29) is 12.5 Å². The second-order valence-corrected chi connectivity index (χ2v) is 4.72. The molecule has 0 aliphatic heterocycles. The van der Waals surface area contributed by atoms with Crippen LogP contribution < -0.4 is 5.32 Å². The molecule has 2 unspecified atom stereocenters. The lowest BCUT2D eigenvalue weighted by Gasteiger charge is -2.31. The van der Waals surface area contributed by atoms with E-state index in [9.17, 15) is 13.2 Å². The Morgan fingerprint density at radius 1 is 1.24 bits per heavy atom. The number of hydrogen-bond donors (Lipinski definition) is 1. The zero-order valence-corrected chi connectivity index (χ0v) is 10.0. The van der Waals surface area contributed by atoms with E-state index < -0.39 is 12.1 Å². The van der Waals surface area contributed by atoms with Crippen LogP contribution in [0.15, 0.2) is 0 Å². The summed E-state index contributed by atoms with van der Waals surface area (Å²) in [7, 11) is 0. The van der Waals surface area contributed by atoms with Gasteiger partial charge in [-0.25, -0.2) is 0 Å². The maximum Gasteiger partial charge on any atom is 0.391 e. The zero-order valence-electron chi connectivity index (χ0n) is 10.0. The second kappa shape index (κ2) is 6.90. The summed E-state index contributed by atoms with van der Waals surface area (Å²) < 4.78 is 37.7. The highest BCUT2D eigenvalue weighted by Gasteiger charge is 2.41. The predicted octanol–water partition coefficient (Wildman–Crippen LogP) is 3.50. The van der Waals surface area contributed by atoms with Gasteiger partial charge in [-0.2, -0.15) is 13.2 Å². The highest BCUT2D eigenvalue weighted by molar-refractivity contribution is 4.84. The summed E-state index contributed by atoms with van der Waals surface area (Å²) in [4.78, 5) is 0. The molecule has 17 heavy (non-hydrogen) atoms. The van der Waals surface area contributed by atoms with Crippen molar-refractivity contribution in [3.8, 4) is 12.3 Å². The van der Waals surface area contributed by atoms with Crippen LogP contribution in [0.3, 0.4) is 0 Å². The van der Waals surface area contributed by atoms with E-state index in [1.54, 1.807) is 0 Å². The Hall–Kier alpha value is -0.690. The van der Waals surface area contributed by atoms with E-state index in [0.717, 1.165) is 32.2 Å². The largest absolute Gasteiger partial charge is 0.391 e. The molecule has 4 heteroatoms. The third kappa shape index (κ3) is 5.45. The number of unbranched alkanes of at least 4 members (excludes halogenated alkanes) is 2. The molecule has 1 nitrogen and oxygen atoms in total. The average molecular weight is 247 g/mol. The summed E-state index contributed by atoms with van der Waals surface area (Å²) in [6.45, 7) is 0.775. The molecule has 1 rings (SSSR count). The van der Waals surface area contributed by atoms with Gasteiger partial charge in [-0.3, -0.25) is 0 Å². The Balaban J connectivity index is 2.19. The summed E-state index contributed by atoms with van der Waals surface area (Å²) in [6, 6.07) is 0.0289. The number of terminal acetylenes is 1. The maximum absolute atomic E-state index is 12.6. The summed E-state index contributed by atoms with van der Waals surface area (Å²) in [5, 5.41) is 3.21. The first kappa shape index (κ1) is 14.4. The number of hydrogen-bond acceptors (Lipinski definition) is 1. The molecule has 0 heterocycles. The number of halogens is 3. The van der Waals surface area contributed by atoms with Gasteiger partial charge in [0, 0.05) is 12.5 Å². The van der Waals surface area contributed by atoms with E-state index in [0.29, 0.717) is 12.8 Å². The van der Waals surface area contributed by atoms with Gasteiger partial charge < -0.3 is 5.32 Å². The average Bonchev–Trinajstić information content (AvgIpc) is 2.28. The van der Waals surface area contributed by atoms with Gasteiger partial charge in [0.05, 0.1) is 5.92 Å². The molecule has 98 valence electrons. The van der Waals surface area contributed by atoms with Gasteiger partial charge in [0.1, 0.15) is 0 Å². The Bertz CT molecular complexity index is 254. The van der Waals surface area contributed by atoms with Crippen molar-refractivity contribution in [2.75, 3.05) is 6.54 Å². The van der Waals surface area contributed by atoms with Crippen molar-refractivity contribution in [1.82, 2.24) is 5.32 Å². The molecule has 0 aromatic carbocycles. The van der Waals surface area contributed by atoms with Gasteiger partial charge in [0.2, 0.25) is 0 Å². The van der Waals surface area contributed by atoms with Crippen LogP contribution in [0.25, 0.3) is 0 Å². The summed E-state index contributed by atoms with van der Waals surface area (Å²) in [5.41, 5.74) is 0. The van der Waals surface area contributed by atoms with Crippen LogP contribution in [0.2, 0.25) is 0 Å². The van der Waals surface area contributed by atoms with Gasteiger partial charge in [0.15, 0.2) is 0 Å². The molecule has 1 aliphatic carbocycles. The molecular weight excluding hydrogens is 227 g/mol. The van der Waals surface area contributed by atoms with Gasteiger partial charge in [-0.15, -0.1) is 12.3 Å². The maximum atomic E-state index is 12.6. The Morgan fingerprint density at radius 2 is 2.00 bits per heavy atom. The molecule has 1 saturated carbocycles. The Labute approximate surface area is 101 Å². The van der Waals surface area contributed by atoms with Crippen LogP contribution in [0, 0.1) is 18.3 Å². The lowest BCUT2D eigenvalue weighted by atomic mass is 9.85. The minimum absolute atomic E-state index is 0.0289. The number of rotatable bonds is 5. The van der Waals surface area contributed by atoms with Crippen LogP contribution in [-0.4, -0.2) is 18.8 Å². The van der Waals surface area contributed by atoms with E-state index in [1.165, 1.54) is 0 Å². The molecule has 0 saturated heterocycles. The summed E-state index contributed by atoms with van der Waals surface area (Å²) in [6.07, 6.45) is 5.79. The molecule has 0 bridgehead atoms. The van der Waals surface area contributed by atoms with E-state index >= 15 is 0 Å². The SMILES string of the molecule is C#CCCCCNC1CCCC(C(F)(F)F)C1. The first-order valence-corrected chi connectivity index (χ1v) is 6.27. The van der Waals surface area contributed by atoms with Gasteiger partial charge in [-0.1, -0.05) is 6.42 Å². The number of nitrogens with one attached hydrogen (secondary N) is 1. The van der Waals surface area contributed by atoms with Crippen molar-refractivity contribution in [3.05, 3.63) is 0 Å². The van der Waals surface area contributed by atoms with Gasteiger partial charge in [-0.05, 0) is 38.6 Å². The second-order valence-electron chi connectivity index (χ2n) is 4.72. The van der Waals surface area contributed by atoms with Crippen molar-refractivity contribution in [3.63, 3.8) is 0 Å². The van der Waals surface area contributed by atoms with Gasteiger partial charge in [0.25, 0.3) is 0 Å². The number of alkyl halides is 3. The highest BCUT2D eigenvalue weighted by Crippen LogP contribution is 2.37. The molecule has 2 atom stereocenters. The smallest absolute Gasteiger partial charge is 0.314 e. The van der Waals surface area contributed by atoms with E-state index in [1.807, 2.05) is 0 Å². The van der Waals surface area contributed by atoms with Crippen LogP contribution in [0.5, 0.6) is 0 Å². The fraction of sp³-hybridized carbons (Fsp3) is 0.846. The molecule has 1 fully saturated rings. The van der Waals surface area contributed by atoms with Crippen molar-refractivity contribution in [2.45, 2.75) is 57.2 Å². The summed E-state index contributed by atoms with van der Waals surface area (Å²) >= 11 is 0. The fourth-order valence-electron chi connectivity index (χ4n) is 2.33. The van der Waals surface area contributed by atoms with Crippen LogP contribution in [-0.2, 0) is 0 Å². The molecular formula is C13H20F3N. The van der Waals surface area contributed by atoms with E-state index in [2.05, 4.69) is 11.2 Å². The Morgan fingerprint density at radius 3 is 2.65 bits per heavy atom. The first-order valence-electron chi connectivity index (χ1n) is 6.27. The molecule has 1 N–H and O–H groups in total. The van der Waals surface area contributed by atoms with E-state index in [4.69, 9.17) is 6.42 Å². The molecule has 0 aromatic heterocycles. The zero-order chi connectivity index (χ0) is 12.7. The Kier molecular flexibility index (Phi) is 5.84. The standard InChI is InChI=1S/C13H20F3N/c1-2-3-4-5-9-17-12-8-6-7-11(10-12)13(14,15)16/h1,11-12,17H,3-10H2. The molecule has 0 spiro atoms. The minimum atomic E-state index is -4.02. The first-order chi connectivity index (χ1) is 8.04. The highest BCUT2D eigenvalue weighted by atomic mass is 19.4. The van der Waals surface area contributed by atoms with Crippen LogP contribution >= 0.6 is 0 Å². The minimum Gasteiger partial charge on any atom is -0.314 e. The quantitative estimate of drug-likeness (QED) is 0.579. The fourth-order valence-corrected chi connectivity index (χ4v) is 2.33. The molecule has 0 radical (unpaired) electrons. The third-order valence-corrected chi connectivity index (χ3v) is 3.32. The molecule has 1 aliphatic rings. The van der Waals surface area contributed by atoms with Crippen molar-refractivity contribution >= 4 is 0 Å². The lowest BCUT2D eigenvalue weighted by molar-refractivity contribution is -0.183. The van der Waals surface area contributed by atoms with Crippen molar-refractivity contribution < 1.29 is 13.2 Å². The lowest BCUT2D eigenvalue weighted by Crippen LogP contribution is -2.39. The van der Waals surface area contributed by atoms with Crippen molar-refractivity contribution in [1.29, 1.82) is 0 Å². The molecule has 0 amide bonds. The van der Waals surface area contributed by atoms with Gasteiger partial charge >= 0.3 is 6.18 Å².